The number of hydrogen-bond acceptors (Lipinski definition) is 6. The van der Waals surface area contributed by atoms with Gasteiger partial charge in [0.15, 0.2) is 11.5 Å². The third-order valence-electron chi connectivity index (χ3n) is 4.97. The largest absolute Gasteiger partial charge is 0.493 e. The third-order valence-corrected chi connectivity index (χ3v) is 4.97. The normalized spacial score (nSPS) is 10.9. The quantitative estimate of drug-likeness (QED) is 0.470. The first-order chi connectivity index (χ1) is 14.7. The summed E-state index contributed by atoms with van der Waals surface area (Å²) >= 11 is 0. The van der Waals surface area contributed by atoms with Crippen molar-refractivity contribution in [2.24, 2.45) is 0 Å². The van der Waals surface area contributed by atoms with Crippen molar-refractivity contribution in [3.63, 3.8) is 0 Å². The van der Waals surface area contributed by atoms with Gasteiger partial charge in [-0.15, -0.1) is 0 Å². The van der Waals surface area contributed by atoms with Crippen LogP contribution in [0.1, 0.15) is 11.1 Å². The molecule has 0 atom stereocenters. The minimum Gasteiger partial charge on any atom is -0.493 e. The standard InChI is InChI=1S/C22H22N4O4/c1-28-18-11-17-19(21(30-3)20(18)29-2)23-14-25(22(17)27)12-15-7-4-5-8-16(15)13-26-10-6-9-24-26/h4-11,14H,12-13H2,1-3H3. The molecule has 0 spiro atoms. The molecule has 2 heterocycles. The van der Waals surface area contributed by atoms with E-state index in [2.05, 4.69) is 10.1 Å². The van der Waals surface area contributed by atoms with Gasteiger partial charge in [-0.2, -0.15) is 5.10 Å². The highest BCUT2D eigenvalue weighted by atomic mass is 16.5. The Kier molecular flexibility index (Phi) is 5.38. The van der Waals surface area contributed by atoms with Crippen LogP contribution in [0.25, 0.3) is 10.9 Å². The summed E-state index contributed by atoms with van der Waals surface area (Å²) in [6, 6.07) is 11.5. The van der Waals surface area contributed by atoms with Gasteiger partial charge >= 0.3 is 0 Å². The number of fused-ring (bicyclic) bond motifs is 1. The zero-order chi connectivity index (χ0) is 21.1. The smallest absolute Gasteiger partial charge is 0.261 e. The predicted octanol–water partition coefficient (Wildman–Crippen LogP) is 2.72. The topological polar surface area (TPSA) is 80.4 Å². The summed E-state index contributed by atoms with van der Waals surface area (Å²) < 4.78 is 19.7. The number of ether oxygens (including phenoxy) is 3. The van der Waals surface area contributed by atoms with Crippen LogP contribution in [-0.2, 0) is 13.1 Å². The van der Waals surface area contributed by atoms with Gasteiger partial charge in [0.2, 0.25) is 5.75 Å². The SMILES string of the molecule is COc1cc2c(=O)n(Cc3ccccc3Cn3cccn3)cnc2c(OC)c1OC. The van der Waals surface area contributed by atoms with Crippen LogP contribution in [0.15, 0.2) is 59.9 Å². The van der Waals surface area contributed by atoms with Crippen LogP contribution in [0.2, 0.25) is 0 Å². The maximum Gasteiger partial charge on any atom is 0.261 e. The molecular formula is C22H22N4O4. The minimum atomic E-state index is -0.187. The maximum atomic E-state index is 13.3. The Labute approximate surface area is 173 Å². The molecule has 0 aliphatic carbocycles. The number of rotatable bonds is 7. The second-order valence-electron chi connectivity index (χ2n) is 6.69. The van der Waals surface area contributed by atoms with Crippen molar-refractivity contribution in [3.8, 4) is 17.2 Å². The van der Waals surface area contributed by atoms with Crippen LogP contribution in [-0.4, -0.2) is 40.7 Å². The van der Waals surface area contributed by atoms with E-state index in [1.807, 2.05) is 41.2 Å². The Bertz CT molecular complexity index is 1230. The highest BCUT2D eigenvalue weighted by Gasteiger charge is 2.19. The van der Waals surface area contributed by atoms with Gasteiger partial charge in [-0.1, -0.05) is 24.3 Å². The van der Waals surface area contributed by atoms with E-state index in [-0.39, 0.29) is 5.56 Å². The molecule has 0 fully saturated rings. The van der Waals surface area contributed by atoms with E-state index in [0.717, 1.165) is 11.1 Å². The van der Waals surface area contributed by atoms with E-state index in [4.69, 9.17) is 14.2 Å². The van der Waals surface area contributed by atoms with Gasteiger partial charge in [0.1, 0.15) is 5.52 Å². The van der Waals surface area contributed by atoms with Crippen molar-refractivity contribution < 1.29 is 14.2 Å². The molecule has 0 unspecified atom stereocenters. The molecule has 2 aromatic carbocycles. The molecule has 154 valence electrons. The molecule has 0 saturated carbocycles. The molecule has 8 nitrogen and oxygen atoms in total. The highest BCUT2D eigenvalue weighted by molar-refractivity contribution is 5.89. The van der Waals surface area contributed by atoms with E-state index in [9.17, 15) is 4.79 Å². The summed E-state index contributed by atoms with van der Waals surface area (Å²) in [6.07, 6.45) is 5.19. The van der Waals surface area contributed by atoms with Crippen molar-refractivity contribution in [1.29, 1.82) is 0 Å². The second-order valence-corrected chi connectivity index (χ2v) is 6.69. The van der Waals surface area contributed by atoms with E-state index in [0.29, 0.717) is 41.2 Å². The first-order valence-corrected chi connectivity index (χ1v) is 9.38. The van der Waals surface area contributed by atoms with Gasteiger partial charge in [-0.3, -0.25) is 14.0 Å². The predicted molar refractivity (Wildman–Crippen MR) is 113 cm³/mol. The monoisotopic (exact) mass is 406 g/mol. The summed E-state index contributed by atoms with van der Waals surface area (Å²) in [5, 5.41) is 4.67. The molecule has 0 aliphatic rings. The number of benzene rings is 2. The number of methoxy groups -OCH3 is 3. The van der Waals surface area contributed by atoms with Crippen LogP contribution < -0.4 is 19.8 Å². The third kappa shape index (κ3) is 3.47. The Balaban J connectivity index is 1.78. The molecule has 0 amide bonds. The average molecular weight is 406 g/mol. The molecule has 30 heavy (non-hydrogen) atoms. The maximum absolute atomic E-state index is 13.3. The van der Waals surface area contributed by atoms with Crippen LogP contribution in [0.5, 0.6) is 17.2 Å². The lowest BCUT2D eigenvalue weighted by molar-refractivity contribution is 0.326. The zero-order valence-electron chi connectivity index (χ0n) is 17.0. The summed E-state index contributed by atoms with van der Waals surface area (Å²) in [7, 11) is 4.54. The summed E-state index contributed by atoms with van der Waals surface area (Å²) in [4.78, 5) is 17.7. The molecule has 0 N–H and O–H groups in total. The van der Waals surface area contributed by atoms with E-state index in [1.165, 1.54) is 27.7 Å². The molecule has 0 aliphatic heterocycles. The van der Waals surface area contributed by atoms with Gasteiger partial charge in [-0.25, -0.2) is 4.98 Å². The highest BCUT2D eigenvalue weighted by Crippen LogP contribution is 2.41. The molecule has 0 radical (unpaired) electrons. The van der Waals surface area contributed by atoms with Crippen LogP contribution in [0, 0.1) is 0 Å². The number of aromatic nitrogens is 4. The van der Waals surface area contributed by atoms with Crippen LogP contribution in [0.3, 0.4) is 0 Å². The fourth-order valence-electron chi connectivity index (χ4n) is 3.50. The molecule has 4 aromatic rings. The molecule has 2 aromatic heterocycles. The lowest BCUT2D eigenvalue weighted by Crippen LogP contribution is -2.22. The van der Waals surface area contributed by atoms with Gasteiger partial charge in [0, 0.05) is 12.4 Å². The zero-order valence-corrected chi connectivity index (χ0v) is 17.0. The van der Waals surface area contributed by atoms with Gasteiger partial charge in [-0.05, 0) is 23.3 Å². The van der Waals surface area contributed by atoms with Crippen molar-refractivity contribution in [2.75, 3.05) is 21.3 Å². The second kappa shape index (κ2) is 8.28. The van der Waals surface area contributed by atoms with E-state index < -0.39 is 0 Å². The molecule has 4 rings (SSSR count). The van der Waals surface area contributed by atoms with E-state index >= 15 is 0 Å². The fraction of sp³-hybridized carbons (Fsp3) is 0.227. The first kappa shape index (κ1) is 19.5. The number of nitrogens with zero attached hydrogens (tertiary/aromatic N) is 4. The Morgan fingerprint density at radius 2 is 1.67 bits per heavy atom. The Hall–Kier alpha value is -3.81. The fourth-order valence-corrected chi connectivity index (χ4v) is 3.50. The Morgan fingerprint density at radius 1 is 0.933 bits per heavy atom. The molecule has 0 bridgehead atoms. The lowest BCUT2D eigenvalue weighted by Gasteiger charge is -2.15. The minimum absolute atomic E-state index is 0.187. The first-order valence-electron chi connectivity index (χ1n) is 9.38. The summed E-state index contributed by atoms with van der Waals surface area (Å²) in [5.41, 5.74) is 2.34. The lowest BCUT2D eigenvalue weighted by atomic mass is 10.1. The summed E-state index contributed by atoms with van der Waals surface area (Å²) in [5.74, 6) is 1.19. The Morgan fingerprint density at radius 3 is 2.30 bits per heavy atom. The van der Waals surface area contributed by atoms with Crippen molar-refractivity contribution >= 4 is 10.9 Å². The summed E-state index contributed by atoms with van der Waals surface area (Å²) in [6.45, 7) is 1.01. The average Bonchev–Trinajstić information content (AvgIpc) is 3.28. The van der Waals surface area contributed by atoms with Gasteiger partial charge in [0.25, 0.3) is 5.56 Å². The molecule has 8 heteroatoms. The van der Waals surface area contributed by atoms with Gasteiger partial charge in [0.05, 0.1) is 46.1 Å². The van der Waals surface area contributed by atoms with Crippen molar-refractivity contribution in [1.82, 2.24) is 19.3 Å². The van der Waals surface area contributed by atoms with E-state index in [1.54, 1.807) is 16.8 Å². The van der Waals surface area contributed by atoms with Crippen molar-refractivity contribution in [2.45, 2.75) is 13.1 Å². The number of hydrogen-bond donors (Lipinski definition) is 0. The van der Waals surface area contributed by atoms with Crippen LogP contribution in [0.4, 0.5) is 0 Å². The van der Waals surface area contributed by atoms with Gasteiger partial charge < -0.3 is 14.2 Å². The van der Waals surface area contributed by atoms with Crippen LogP contribution >= 0.6 is 0 Å². The van der Waals surface area contributed by atoms with Crippen molar-refractivity contribution in [3.05, 3.63) is 76.6 Å². The molecule has 0 saturated heterocycles. The molecular weight excluding hydrogens is 384 g/mol.